The summed E-state index contributed by atoms with van der Waals surface area (Å²) in [5.74, 6) is -1.69. The minimum atomic E-state index is -1.23. The molecular formula is C31H39N4O6S+. The number of hydrogen-bond donors (Lipinski definition) is 3. The monoisotopic (exact) mass is 595 g/mol. The molecule has 0 aliphatic rings. The highest BCUT2D eigenvalue weighted by atomic mass is 32.2. The van der Waals surface area contributed by atoms with Crippen LogP contribution in [-0.4, -0.2) is 51.3 Å². The number of hydrogen-bond acceptors (Lipinski definition) is 6. The van der Waals surface area contributed by atoms with Crippen LogP contribution in [0.15, 0.2) is 65.8 Å². The minimum absolute atomic E-state index is 0.00779. The standard InChI is InChI=1S/C31H38N4O6S/c1-21-22(2)35(4)31(34(21)3)42-20-26(36)15-16-27(29(38)39)33-28(37)18-25(17-23-11-7-5-8-12-23)32-30(40)41-19-24-13-9-6-10-14-24/h5-14,25,27H,15-20H2,1-4H3,(H2-,32,33,37,38,39,40)/p+1. The number of aliphatic carboxylic acids is 1. The summed E-state index contributed by atoms with van der Waals surface area (Å²) in [5, 5.41) is 15.9. The number of imidazole rings is 1. The highest BCUT2D eigenvalue weighted by Crippen LogP contribution is 2.18. The molecule has 224 valence electrons. The van der Waals surface area contributed by atoms with Gasteiger partial charge in [0.05, 0.1) is 19.8 Å². The maximum atomic E-state index is 12.9. The van der Waals surface area contributed by atoms with Crippen LogP contribution in [0.3, 0.4) is 0 Å². The van der Waals surface area contributed by atoms with Crippen LogP contribution >= 0.6 is 11.8 Å². The van der Waals surface area contributed by atoms with Crippen molar-refractivity contribution in [2.24, 2.45) is 14.1 Å². The van der Waals surface area contributed by atoms with E-state index in [2.05, 4.69) is 10.6 Å². The van der Waals surface area contributed by atoms with Crippen LogP contribution in [0.2, 0.25) is 0 Å². The zero-order valence-electron chi connectivity index (χ0n) is 24.5. The molecule has 2 aromatic carbocycles. The van der Waals surface area contributed by atoms with Gasteiger partial charge < -0.3 is 20.5 Å². The van der Waals surface area contributed by atoms with Crippen molar-refractivity contribution in [3.05, 3.63) is 83.2 Å². The van der Waals surface area contributed by atoms with E-state index in [1.807, 2.05) is 97.7 Å². The van der Waals surface area contributed by atoms with Gasteiger partial charge in [0.1, 0.15) is 29.8 Å². The number of Topliss-reactive ketones (excluding diaryl/α,β-unsaturated/α-hetero) is 1. The number of carboxylic acid groups (broad SMARTS) is 1. The molecule has 2 unspecified atom stereocenters. The normalized spacial score (nSPS) is 12.3. The number of nitrogens with one attached hydrogen (secondary N) is 2. The molecule has 0 aliphatic carbocycles. The highest BCUT2D eigenvalue weighted by molar-refractivity contribution is 7.99. The summed E-state index contributed by atoms with van der Waals surface area (Å²) in [4.78, 5) is 50.0. The number of carbonyl (C=O) groups excluding carboxylic acids is 3. The molecule has 11 heteroatoms. The van der Waals surface area contributed by atoms with Crippen LogP contribution in [-0.2, 0) is 46.2 Å². The number of amides is 2. The zero-order chi connectivity index (χ0) is 30.6. The van der Waals surface area contributed by atoms with Gasteiger partial charge in [0, 0.05) is 32.7 Å². The van der Waals surface area contributed by atoms with E-state index >= 15 is 0 Å². The van der Waals surface area contributed by atoms with Crippen molar-refractivity contribution in [1.29, 1.82) is 0 Å². The zero-order valence-corrected chi connectivity index (χ0v) is 25.3. The Labute approximate surface area is 250 Å². The molecule has 2 amide bonds. The molecule has 3 aromatic rings. The Kier molecular flexibility index (Phi) is 12.2. The molecule has 0 bridgehead atoms. The number of carbonyl (C=O) groups is 4. The summed E-state index contributed by atoms with van der Waals surface area (Å²) in [6.07, 6.45) is -0.521. The molecule has 0 saturated carbocycles. The van der Waals surface area contributed by atoms with Crippen LogP contribution in [0.4, 0.5) is 4.79 Å². The molecule has 10 nitrogen and oxygen atoms in total. The maximum absolute atomic E-state index is 12.9. The van der Waals surface area contributed by atoms with Crippen molar-refractivity contribution in [3.8, 4) is 0 Å². The van der Waals surface area contributed by atoms with Gasteiger partial charge in [-0.2, -0.15) is 0 Å². The van der Waals surface area contributed by atoms with E-state index < -0.39 is 30.1 Å². The number of benzene rings is 2. The summed E-state index contributed by atoms with van der Waals surface area (Å²) in [6, 6.07) is 16.7. The molecule has 1 aromatic heterocycles. The van der Waals surface area contributed by atoms with Crippen LogP contribution in [0.1, 0.15) is 41.8 Å². The molecule has 0 saturated heterocycles. The van der Waals surface area contributed by atoms with Gasteiger partial charge in [-0.1, -0.05) is 60.7 Å². The van der Waals surface area contributed by atoms with Gasteiger partial charge in [-0.15, -0.1) is 0 Å². The molecule has 0 aliphatic heterocycles. The third kappa shape index (κ3) is 9.76. The van der Waals surface area contributed by atoms with Crippen molar-refractivity contribution in [2.45, 2.75) is 63.4 Å². The van der Waals surface area contributed by atoms with Gasteiger partial charge in [0.2, 0.25) is 5.91 Å². The van der Waals surface area contributed by atoms with Crippen molar-refractivity contribution in [1.82, 2.24) is 15.2 Å². The summed E-state index contributed by atoms with van der Waals surface area (Å²) < 4.78 is 9.36. The van der Waals surface area contributed by atoms with E-state index in [0.29, 0.717) is 6.42 Å². The van der Waals surface area contributed by atoms with Gasteiger partial charge in [-0.3, -0.25) is 9.59 Å². The van der Waals surface area contributed by atoms with Crippen molar-refractivity contribution in [3.63, 3.8) is 0 Å². The maximum Gasteiger partial charge on any atom is 0.407 e. The second-order valence-corrected chi connectivity index (χ2v) is 11.1. The number of carboxylic acids is 1. The first-order valence-electron chi connectivity index (χ1n) is 13.7. The molecule has 3 N–H and O–H groups in total. The Morgan fingerprint density at radius 1 is 0.976 bits per heavy atom. The molecule has 1 heterocycles. The summed E-state index contributed by atoms with van der Waals surface area (Å²) in [6.45, 7) is 4.09. The fourth-order valence-electron chi connectivity index (χ4n) is 4.45. The largest absolute Gasteiger partial charge is 0.480 e. The number of nitrogens with zero attached hydrogens (tertiary/aromatic N) is 2. The Balaban J connectivity index is 1.54. The lowest BCUT2D eigenvalue weighted by Gasteiger charge is -2.20. The molecule has 3 rings (SSSR count). The van der Waals surface area contributed by atoms with Gasteiger partial charge in [0.25, 0.3) is 0 Å². The average molecular weight is 596 g/mol. The Morgan fingerprint density at radius 3 is 2.17 bits per heavy atom. The van der Waals surface area contributed by atoms with E-state index in [9.17, 15) is 24.3 Å². The fraction of sp³-hybridized carbons (Fsp3) is 0.387. The average Bonchev–Trinajstić information content (AvgIpc) is 3.15. The molecule has 42 heavy (non-hydrogen) atoms. The molecule has 0 spiro atoms. The molecule has 2 atom stereocenters. The van der Waals surface area contributed by atoms with Gasteiger partial charge in [0.15, 0.2) is 0 Å². The number of rotatable bonds is 15. The number of aromatic nitrogens is 2. The topological polar surface area (TPSA) is 131 Å². The lowest BCUT2D eigenvalue weighted by molar-refractivity contribution is -0.715. The summed E-state index contributed by atoms with van der Waals surface area (Å²) in [5.41, 5.74) is 3.93. The third-order valence-electron chi connectivity index (χ3n) is 7.10. The molecule has 0 fully saturated rings. The van der Waals surface area contributed by atoms with Gasteiger partial charge in [-0.25, -0.2) is 18.7 Å². The second-order valence-electron chi connectivity index (χ2n) is 10.2. The number of thioether (sulfide) groups is 1. The van der Waals surface area contributed by atoms with E-state index in [0.717, 1.165) is 27.7 Å². The minimum Gasteiger partial charge on any atom is -0.480 e. The Bertz CT molecular complexity index is 1350. The number of ether oxygens (including phenoxy) is 1. The predicted molar refractivity (Wildman–Crippen MR) is 159 cm³/mol. The lowest BCUT2D eigenvalue weighted by Crippen LogP contribution is -2.45. The quantitative estimate of drug-likeness (QED) is 0.181. The van der Waals surface area contributed by atoms with Crippen LogP contribution in [0, 0.1) is 13.8 Å². The summed E-state index contributed by atoms with van der Waals surface area (Å²) in [7, 11) is 3.88. The van der Waals surface area contributed by atoms with Gasteiger partial charge in [-0.05, 0) is 35.7 Å². The first kappa shape index (κ1) is 32.4. The van der Waals surface area contributed by atoms with Crippen LogP contribution < -0.4 is 15.2 Å². The third-order valence-corrected chi connectivity index (χ3v) is 8.37. The van der Waals surface area contributed by atoms with Crippen molar-refractivity contribution >= 4 is 35.5 Å². The highest BCUT2D eigenvalue weighted by Gasteiger charge is 2.26. The SMILES string of the molecule is Cc1c(C)[n+](C)c(SCC(=O)CCC(NC(=O)CC(Cc2ccccc2)NC(=O)OCc2ccccc2)C(=O)O)n1C. The van der Waals surface area contributed by atoms with E-state index in [1.165, 1.54) is 11.8 Å². The lowest BCUT2D eigenvalue weighted by atomic mass is 10.0. The smallest absolute Gasteiger partial charge is 0.407 e. The van der Waals surface area contributed by atoms with Crippen LogP contribution in [0.5, 0.6) is 0 Å². The van der Waals surface area contributed by atoms with E-state index in [-0.39, 0.29) is 37.4 Å². The fourth-order valence-corrected chi connectivity index (χ4v) is 5.55. The predicted octanol–water partition coefficient (Wildman–Crippen LogP) is 3.41. The van der Waals surface area contributed by atoms with E-state index in [1.54, 1.807) is 0 Å². The first-order chi connectivity index (χ1) is 20.0. The Morgan fingerprint density at radius 2 is 1.60 bits per heavy atom. The van der Waals surface area contributed by atoms with E-state index in [4.69, 9.17) is 4.74 Å². The first-order valence-corrected chi connectivity index (χ1v) is 14.7. The summed E-state index contributed by atoms with van der Waals surface area (Å²) >= 11 is 1.40. The number of alkyl carbamates (subject to hydrolysis) is 1. The molecule has 0 radical (unpaired) electrons. The Hall–Kier alpha value is -4.12. The second kappa shape index (κ2) is 15.8. The number of ketones is 1. The van der Waals surface area contributed by atoms with Crippen LogP contribution in [0.25, 0.3) is 0 Å². The molecular weight excluding hydrogens is 556 g/mol. The van der Waals surface area contributed by atoms with Crippen molar-refractivity contribution in [2.75, 3.05) is 5.75 Å². The van der Waals surface area contributed by atoms with Gasteiger partial charge >= 0.3 is 17.2 Å². The van der Waals surface area contributed by atoms with Crippen molar-refractivity contribution < 1.29 is 33.6 Å².